The number of rotatable bonds is 0. The van der Waals surface area contributed by atoms with Gasteiger partial charge in [-0.15, -0.1) is 0 Å². The molecular weight excluding hydrogens is 224 g/mol. The first-order valence-corrected chi connectivity index (χ1v) is 6.59. The second-order valence-corrected chi connectivity index (χ2v) is 6.35. The lowest BCUT2D eigenvalue weighted by molar-refractivity contribution is 0.0837. The second kappa shape index (κ2) is 3.53. The Morgan fingerprint density at radius 3 is 2.50 bits per heavy atom. The molecule has 0 N–H and O–H groups in total. The molecule has 0 saturated heterocycles. The lowest BCUT2D eigenvalue weighted by Gasteiger charge is -2.35. The van der Waals surface area contributed by atoms with Crippen LogP contribution in [0.2, 0.25) is 0 Å². The number of hydrogen-bond donors (Lipinski definition) is 0. The van der Waals surface area contributed by atoms with Crippen LogP contribution >= 0.6 is 0 Å². The van der Waals surface area contributed by atoms with E-state index in [4.69, 9.17) is 9.47 Å². The minimum Gasteiger partial charge on any atom is -0.488 e. The van der Waals surface area contributed by atoms with Crippen molar-refractivity contribution in [3.05, 3.63) is 29.3 Å². The highest BCUT2D eigenvalue weighted by atomic mass is 16.5. The molecule has 0 unspecified atom stereocenters. The Balaban J connectivity index is 2.07. The second-order valence-electron chi connectivity index (χ2n) is 6.35. The molecule has 0 aliphatic carbocycles. The van der Waals surface area contributed by atoms with Crippen molar-refractivity contribution in [3.63, 3.8) is 0 Å². The fourth-order valence-electron chi connectivity index (χ4n) is 2.62. The van der Waals surface area contributed by atoms with Crippen LogP contribution in [0.4, 0.5) is 0 Å². The Morgan fingerprint density at radius 2 is 1.72 bits per heavy atom. The molecular formula is C16H20O2. The summed E-state index contributed by atoms with van der Waals surface area (Å²) in [4.78, 5) is 0. The maximum absolute atomic E-state index is 6.05. The maximum Gasteiger partial charge on any atom is 0.128 e. The Kier molecular flexibility index (Phi) is 2.28. The Labute approximate surface area is 109 Å². The zero-order valence-electron chi connectivity index (χ0n) is 11.5. The number of fused-ring (bicyclic) bond motifs is 3. The van der Waals surface area contributed by atoms with Crippen LogP contribution in [0.1, 0.15) is 45.2 Å². The molecule has 2 heterocycles. The van der Waals surface area contributed by atoms with E-state index in [2.05, 4.69) is 39.8 Å². The van der Waals surface area contributed by atoms with E-state index in [1.165, 1.54) is 11.1 Å². The monoisotopic (exact) mass is 244 g/mol. The van der Waals surface area contributed by atoms with E-state index < -0.39 is 0 Å². The van der Waals surface area contributed by atoms with Gasteiger partial charge in [0.25, 0.3) is 0 Å². The third-order valence-corrected chi connectivity index (χ3v) is 3.66. The Hall–Kier alpha value is -1.44. The topological polar surface area (TPSA) is 18.5 Å². The van der Waals surface area contributed by atoms with Crippen molar-refractivity contribution in [1.29, 1.82) is 0 Å². The van der Waals surface area contributed by atoms with Gasteiger partial charge in [0, 0.05) is 11.1 Å². The quantitative estimate of drug-likeness (QED) is 0.687. The summed E-state index contributed by atoms with van der Waals surface area (Å²) in [5, 5.41) is 0. The van der Waals surface area contributed by atoms with E-state index in [1.54, 1.807) is 0 Å². The van der Waals surface area contributed by atoms with Gasteiger partial charge in [-0.1, -0.05) is 6.08 Å². The van der Waals surface area contributed by atoms with Crippen LogP contribution in [0, 0.1) is 0 Å². The highest BCUT2D eigenvalue weighted by Gasteiger charge is 2.31. The SMILES string of the molecule is CC1(C)C=Cc2c(ccc3c2CCC(C)(C)O3)O1. The molecule has 2 heteroatoms. The molecule has 2 nitrogen and oxygen atoms in total. The highest BCUT2D eigenvalue weighted by Crippen LogP contribution is 2.42. The van der Waals surface area contributed by atoms with Gasteiger partial charge < -0.3 is 9.47 Å². The first-order valence-electron chi connectivity index (χ1n) is 6.59. The fourth-order valence-corrected chi connectivity index (χ4v) is 2.62. The molecule has 18 heavy (non-hydrogen) atoms. The first kappa shape index (κ1) is 11.6. The van der Waals surface area contributed by atoms with Gasteiger partial charge in [0.1, 0.15) is 22.7 Å². The molecule has 0 bridgehead atoms. The van der Waals surface area contributed by atoms with Crippen molar-refractivity contribution >= 4 is 6.08 Å². The molecule has 0 amide bonds. The van der Waals surface area contributed by atoms with Crippen molar-refractivity contribution in [2.45, 2.75) is 51.7 Å². The molecule has 1 aromatic carbocycles. The lowest BCUT2D eigenvalue weighted by Crippen LogP contribution is -2.33. The molecule has 0 fully saturated rings. The minimum absolute atomic E-state index is 0.0558. The summed E-state index contributed by atoms with van der Waals surface area (Å²) in [6, 6.07) is 4.07. The molecule has 0 aromatic heterocycles. The predicted molar refractivity (Wildman–Crippen MR) is 73.2 cm³/mol. The van der Waals surface area contributed by atoms with Crippen molar-refractivity contribution in [3.8, 4) is 11.5 Å². The molecule has 3 rings (SSSR count). The van der Waals surface area contributed by atoms with E-state index in [9.17, 15) is 0 Å². The van der Waals surface area contributed by atoms with Crippen LogP contribution in [-0.4, -0.2) is 11.2 Å². The Bertz CT molecular complexity index is 524. The van der Waals surface area contributed by atoms with Crippen LogP contribution in [0.15, 0.2) is 18.2 Å². The van der Waals surface area contributed by atoms with Crippen LogP contribution in [0.25, 0.3) is 6.08 Å². The van der Waals surface area contributed by atoms with Crippen molar-refractivity contribution in [2.75, 3.05) is 0 Å². The third kappa shape index (κ3) is 1.90. The van der Waals surface area contributed by atoms with Crippen molar-refractivity contribution in [1.82, 2.24) is 0 Å². The summed E-state index contributed by atoms with van der Waals surface area (Å²) >= 11 is 0. The van der Waals surface area contributed by atoms with E-state index in [-0.39, 0.29) is 11.2 Å². The van der Waals surface area contributed by atoms with Crippen LogP contribution < -0.4 is 9.47 Å². The van der Waals surface area contributed by atoms with Gasteiger partial charge in [0.2, 0.25) is 0 Å². The molecule has 0 atom stereocenters. The van der Waals surface area contributed by atoms with Gasteiger partial charge >= 0.3 is 0 Å². The predicted octanol–water partition coefficient (Wildman–Crippen LogP) is 3.97. The molecule has 0 spiro atoms. The largest absolute Gasteiger partial charge is 0.488 e. The normalized spacial score (nSPS) is 22.4. The zero-order valence-corrected chi connectivity index (χ0v) is 11.5. The molecule has 96 valence electrons. The van der Waals surface area contributed by atoms with Gasteiger partial charge in [0.15, 0.2) is 0 Å². The van der Waals surface area contributed by atoms with E-state index in [0.29, 0.717) is 0 Å². The van der Waals surface area contributed by atoms with Gasteiger partial charge in [-0.25, -0.2) is 0 Å². The smallest absolute Gasteiger partial charge is 0.128 e. The van der Waals surface area contributed by atoms with Gasteiger partial charge in [-0.3, -0.25) is 0 Å². The van der Waals surface area contributed by atoms with Gasteiger partial charge in [0.05, 0.1) is 0 Å². The molecule has 2 aliphatic rings. The highest BCUT2D eigenvalue weighted by molar-refractivity contribution is 5.67. The Morgan fingerprint density at radius 1 is 1.00 bits per heavy atom. The van der Waals surface area contributed by atoms with Crippen LogP contribution in [0.5, 0.6) is 11.5 Å². The van der Waals surface area contributed by atoms with Crippen LogP contribution in [-0.2, 0) is 6.42 Å². The fraction of sp³-hybridized carbons (Fsp3) is 0.500. The standard InChI is InChI=1S/C16H20O2/c1-15(2)9-7-11-12-8-10-16(3,4)18-14(12)6-5-13(11)17-15/h5-7,9H,8,10H2,1-4H3. The minimum atomic E-state index is -0.212. The average Bonchev–Trinajstić information content (AvgIpc) is 2.26. The zero-order chi connectivity index (χ0) is 13.0. The van der Waals surface area contributed by atoms with Gasteiger partial charge in [-0.2, -0.15) is 0 Å². The first-order chi connectivity index (χ1) is 8.36. The van der Waals surface area contributed by atoms with E-state index >= 15 is 0 Å². The summed E-state index contributed by atoms with van der Waals surface area (Å²) in [7, 11) is 0. The third-order valence-electron chi connectivity index (χ3n) is 3.66. The molecule has 1 aromatic rings. The molecule has 0 radical (unpaired) electrons. The van der Waals surface area contributed by atoms with Crippen LogP contribution in [0.3, 0.4) is 0 Å². The summed E-state index contributed by atoms with van der Waals surface area (Å²) in [6.07, 6.45) is 6.40. The molecule has 2 aliphatic heterocycles. The summed E-state index contributed by atoms with van der Waals surface area (Å²) < 4.78 is 12.0. The van der Waals surface area contributed by atoms with Crippen molar-refractivity contribution < 1.29 is 9.47 Å². The summed E-state index contributed by atoms with van der Waals surface area (Å²) in [5.41, 5.74) is 2.22. The van der Waals surface area contributed by atoms with E-state index in [0.717, 1.165) is 24.3 Å². The van der Waals surface area contributed by atoms with E-state index in [1.807, 2.05) is 12.1 Å². The number of ether oxygens (including phenoxy) is 2. The maximum atomic E-state index is 6.05. The molecule has 0 saturated carbocycles. The number of hydrogen-bond acceptors (Lipinski definition) is 2. The lowest BCUT2D eigenvalue weighted by atomic mass is 9.89. The summed E-state index contributed by atoms with van der Waals surface area (Å²) in [5.74, 6) is 1.99. The average molecular weight is 244 g/mol. The summed E-state index contributed by atoms with van der Waals surface area (Å²) in [6.45, 7) is 8.44. The van der Waals surface area contributed by atoms with Gasteiger partial charge in [-0.05, 0) is 58.7 Å². The van der Waals surface area contributed by atoms with Crippen molar-refractivity contribution in [2.24, 2.45) is 0 Å². The number of benzene rings is 1.